The van der Waals surface area contributed by atoms with E-state index in [9.17, 15) is 13.2 Å². The monoisotopic (exact) mass is 487 g/mol. The van der Waals surface area contributed by atoms with Gasteiger partial charge in [-0.15, -0.1) is 11.3 Å². The lowest BCUT2D eigenvalue weighted by Gasteiger charge is -2.25. The maximum absolute atomic E-state index is 12.8. The molecule has 174 valence electrons. The molecule has 2 aromatic carbocycles. The second kappa shape index (κ2) is 9.90. The summed E-state index contributed by atoms with van der Waals surface area (Å²) in [5.41, 5.74) is 1.80. The Morgan fingerprint density at radius 2 is 1.76 bits per heavy atom. The first-order valence-corrected chi connectivity index (χ1v) is 12.8. The first-order chi connectivity index (χ1) is 15.9. The third-order valence-corrected chi connectivity index (χ3v) is 8.15. The molecule has 1 aromatic heterocycles. The lowest BCUT2D eigenvalue weighted by molar-refractivity contribution is 0.102. The first-order valence-electron chi connectivity index (χ1n) is 10.5. The van der Waals surface area contributed by atoms with Gasteiger partial charge in [-0.3, -0.25) is 10.1 Å². The number of aromatic nitrogens is 1. The SMILES string of the molecule is COc1ccc(-c2csc(NC(=O)c3ccc(S(=O)(=O)N4CCCCC4)cc3)n2)c(OC)c1. The molecule has 3 aromatic rings. The molecule has 0 unspecified atom stereocenters. The number of rotatable bonds is 7. The second-order valence-electron chi connectivity index (χ2n) is 7.55. The van der Waals surface area contributed by atoms with Crippen LogP contribution in [0.1, 0.15) is 29.6 Å². The van der Waals surface area contributed by atoms with Gasteiger partial charge in [0.15, 0.2) is 5.13 Å². The summed E-state index contributed by atoms with van der Waals surface area (Å²) >= 11 is 1.29. The quantitative estimate of drug-likeness (QED) is 0.535. The summed E-state index contributed by atoms with van der Waals surface area (Å²) in [6.07, 6.45) is 2.80. The summed E-state index contributed by atoms with van der Waals surface area (Å²) in [4.78, 5) is 17.4. The highest BCUT2D eigenvalue weighted by atomic mass is 32.2. The third kappa shape index (κ3) is 5.02. The molecule has 1 N–H and O–H groups in total. The number of carbonyl (C=O) groups excluding carboxylic acids is 1. The molecule has 8 nitrogen and oxygen atoms in total. The van der Waals surface area contributed by atoms with Crippen LogP contribution < -0.4 is 14.8 Å². The van der Waals surface area contributed by atoms with Crippen LogP contribution in [0.2, 0.25) is 0 Å². The van der Waals surface area contributed by atoms with E-state index in [1.54, 1.807) is 20.3 Å². The molecule has 0 spiro atoms. The summed E-state index contributed by atoms with van der Waals surface area (Å²) in [7, 11) is -0.376. The summed E-state index contributed by atoms with van der Waals surface area (Å²) in [6.45, 7) is 1.08. The molecule has 0 atom stereocenters. The molecule has 33 heavy (non-hydrogen) atoms. The topological polar surface area (TPSA) is 97.8 Å². The summed E-state index contributed by atoms with van der Waals surface area (Å²) in [5, 5.41) is 5.03. The predicted octanol–water partition coefficient (Wildman–Crippen LogP) is 4.25. The van der Waals surface area contributed by atoms with Crippen LogP contribution in [0.25, 0.3) is 11.3 Å². The summed E-state index contributed by atoms with van der Waals surface area (Å²) in [6, 6.07) is 11.4. The normalized spacial score (nSPS) is 14.6. The first kappa shape index (κ1) is 23.2. The smallest absolute Gasteiger partial charge is 0.257 e. The molecule has 1 aliphatic rings. The molecular weight excluding hydrogens is 462 g/mol. The zero-order chi connectivity index (χ0) is 23.4. The molecule has 1 saturated heterocycles. The lowest BCUT2D eigenvalue weighted by Crippen LogP contribution is -2.35. The molecular formula is C23H25N3O5S2. The molecule has 1 fully saturated rings. The standard InChI is InChI=1S/C23H25N3O5S2/c1-30-17-8-11-19(21(14-17)31-2)20-15-32-23(24-20)25-22(27)16-6-9-18(10-7-16)33(28,29)26-12-4-3-5-13-26/h6-11,14-15H,3-5,12-13H2,1-2H3,(H,24,25,27). The molecule has 0 aliphatic carbocycles. The van der Waals surface area contributed by atoms with Crippen molar-refractivity contribution in [2.24, 2.45) is 0 Å². The van der Waals surface area contributed by atoms with Gasteiger partial charge in [0.1, 0.15) is 11.5 Å². The van der Waals surface area contributed by atoms with Gasteiger partial charge in [0.05, 0.1) is 24.8 Å². The third-order valence-electron chi connectivity index (χ3n) is 5.48. The van der Waals surface area contributed by atoms with Gasteiger partial charge in [-0.1, -0.05) is 6.42 Å². The Kier molecular flexibility index (Phi) is 6.96. The van der Waals surface area contributed by atoms with E-state index in [0.29, 0.717) is 41.0 Å². The van der Waals surface area contributed by atoms with E-state index < -0.39 is 10.0 Å². The second-order valence-corrected chi connectivity index (χ2v) is 10.3. The lowest BCUT2D eigenvalue weighted by atomic mass is 10.1. The zero-order valence-electron chi connectivity index (χ0n) is 18.4. The fourth-order valence-corrected chi connectivity index (χ4v) is 5.89. The summed E-state index contributed by atoms with van der Waals surface area (Å²) in [5.74, 6) is 0.924. The Bertz CT molecular complexity index is 1230. The fraction of sp³-hybridized carbons (Fsp3) is 0.304. The van der Waals surface area contributed by atoms with Crippen LogP contribution in [0.3, 0.4) is 0 Å². The van der Waals surface area contributed by atoms with Crippen LogP contribution in [0, 0.1) is 0 Å². The highest BCUT2D eigenvalue weighted by Crippen LogP contribution is 2.35. The van der Waals surface area contributed by atoms with Crippen LogP contribution >= 0.6 is 11.3 Å². The van der Waals surface area contributed by atoms with Gasteiger partial charge in [0.25, 0.3) is 5.91 Å². The highest BCUT2D eigenvalue weighted by Gasteiger charge is 2.26. The summed E-state index contributed by atoms with van der Waals surface area (Å²) < 4.78 is 37.7. The number of carbonyl (C=O) groups is 1. The van der Waals surface area contributed by atoms with Crippen molar-refractivity contribution in [2.75, 3.05) is 32.6 Å². The van der Waals surface area contributed by atoms with Crippen molar-refractivity contribution in [3.63, 3.8) is 0 Å². The van der Waals surface area contributed by atoms with Gasteiger partial charge >= 0.3 is 0 Å². The van der Waals surface area contributed by atoms with Crippen molar-refractivity contribution in [3.8, 4) is 22.8 Å². The number of amides is 1. The number of hydrogen-bond acceptors (Lipinski definition) is 7. The van der Waals surface area contributed by atoms with Crippen molar-refractivity contribution in [1.29, 1.82) is 0 Å². The van der Waals surface area contributed by atoms with E-state index in [4.69, 9.17) is 9.47 Å². The van der Waals surface area contributed by atoms with E-state index in [-0.39, 0.29) is 10.8 Å². The fourth-order valence-electron chi connectivity index (χ4n) is 3.67. The van der Waals surface area contributed by atoms with Crippen LogP contribution in [-0.2, 0) is 10.0 Å². The molecule has 4 rings (SSSR count). The Morgan fingerprint density at radius 3 is 2.42 bits per heavy atom. The van der Waals surface area contributed by atoms with Gasteiger partial charge in [-0.25, -0.2) is 13.4 Å². The number of nitrogens with one attached hydrogen (secondary N) is 1. The van der Waals surface area contributed by atoms with E-state index in [1.165, 1.54) is 39.9 Å². The maximum Gasteiger partial charge on any atom is 0.257 e. The number of methoxy groups -OCH3 is 2. The molecule has 0 bridgehead atoms. The molecule has 10 heteroatoms. The maximum atomic E-state index is 12.8. The number of hydrogen-bond donors (Lipinski definition) is 1. The number of benzene rings is 2. The van der Waals surface area contributed by atoms with E-state index in [2.05, 4.69) is 10.3 Å². The van der Waals surface area contributed by atoms with Crippen molar-refractivity contribution in [3.05, 3.63) is 53.4 Å². The van der Waals surface area contributed by atoms with Crippen LogP contribution in [0.4, 0.5) is 5.13 Å². The Labute approximate surface area is 197 Å². The van der Waals surface area contributed by atoms with Crippen molar-refractivity contribution >= 4 is 32.4 Å². The van der Waals surface area contributed by atoms with Crippen molar-refractivity contribution in [2.45, 2.75) is 24.2 Å². The van der Waals surface area contributed by atoms with Crippen LogP contribution in [-0.4, -0.2) is 50.9 Å². The van der Waals surface area contributed by atoms with Gasteiger partial charge in [0, 0.05) is 35.7 Å². The molecule has 2 heterocycles. The average Bonchev–Trinajstić information content (AvgIpc) is 3.32. The van der Waals surface area contributed by atoms with Crippen LogP contribution in [0.5, 0.6) is 11.5 Å². The number of anilines is 1. The van der Waals surface area contributed by atoms with E-state index >= 15 is 0 Å². The number of ether oxygens (including phenoxy) is 2. The zero-order valence-corrected chi connectivity index (χ0v) is 20.0. The number of thiazole rings is 1. The van der Waals surface area contributed by atoms with Gasteiger partial charge < -0.3 is 9.47 Å². The van der Waals surface area contributed by atoms with Gasteiger partial charge in [0.2, 0.25) is 10.0 Å². The molecule has 0 saturated carbocycles. The minimum absolute atomic E-state index is 0.198. The minimum atomic E-state index is -3.53. The minimum Gasteiger partial charge on any atom is -0.497 e. The molecule has 0 radical (unpaired) electrons. The van der Waals surface area contributed by atoms with E-state index in [1.807, 2.05) is 17.5 Å². The average molecular weight is 488 g/mol. The Balaban J connectivity index is 1.47. The Hall–Kier alpha value is -2.95. The molecule has 1 aliphatic heterocycles. The van der Waals surface area contributed by atoms with Gasteiger partial charge in [-0.05, 0) is 49.2 Å². The van der Waals surface area contributed by atoms with E-state index in [0.717, 1.165) is 24.8 Å². The largest absolute Gasteiger partial charge is 0.497 e. The highest BCUT2D eigenvalue weighted by molar-refractivity contribution is 7.89. The number of nitrogens with zero attached hydrogens (tertiary/aromatic N) is 2. The Morgan fingerprint density at radius 1 is 1.03 bits per heavy atom. The number of piperidine rings is 1. The predicted molar refractivity (Wildman–Crippen MR) is 128 cm³/mol. The molecule has 1 amide bonds. The van der Waals surface area contributed by atoms with Crippen molar-refractivity contribution in [1.82, 2.24) is 9.29 Å². The van der Waals surface area contributed by atoms with Crippen molar-refractivity contribution < 1.29 is 22.7 Å². The number of sulfonamides is 1. The van der Waals surface area contributed by atoms with Crippen LogP contribution in [0.15, 0.2) is 52.7 Å². The van der Waals surface area contributed by atoms with Gasteiger partial charge in [-0.2, -0.15) is 4.31 Å².